The number of likely N-dealkylation sites (N-methyl/N-ethyl adjacent to an activating group) is 1. The van der Waals surface area contributed by atoms with Crippen LogP contribution in [-0.4, -0.2) is 61.7 Å². The first-order chi connectivity index (χ1) is 11.6. The number of rotatable bonds is 4. The highest BCUT2D eigenvalue weighted by Gasteiger charge is 2.42. The van der Waals surface area contributed by atoms with Gasteiger partial charge in [-0.05, 0) is 44.9 Å². The van der Waals surface area contributed by atoms with Crippen molar-refractivity contribution in [3.63, 3.8) is 0 Å². The van der Waals surface area contributed by atoms with Gasteiger partial charge in [-0.15, -0.1) is 0 Å². The highest BCUT2D eigenvalue weighted by atomic mass is 16.5. The quantitative estimate of drug-likeness (QED) is 0.605. The third kappa shape index (κ3) is 4.41. The summed E-state index contributed by atoms with van der Waals surface area (Å²) in [5, 5.41) is 7.14. The maximum absolute atomic E-state index is 11.9. The number of guanidine groups is 1. The van der Waals surface area contributed by atoms with Crippen molar-refractivity contribution in [2.24, 2.45) is 4.99 Å². The van der Waals surface area contributed by atoms with Crippen LogP contribution in [0.15, 0.2) is 4.99 Å². The minimum atomic E-state index is 0.0324. The fourth-order valence-corrected chi connectivity index (χ4v) is 3.95. The van der Waals surface area contributed by atoms with Crippen molar-refractivity contribution in [2.45, 2.75) is 75.5 Å². The van der Waals surface area contributed by atoms with Gasteiger partial charge in [0.1, 0.15) is 6.54 Å². The van der Waals surface area contributed by atoms with E-state index in [4.69, 9.17) is 4.74 Å². The lowest BCUT2D eigenvalue weighted by molar-refractivity contribution is -0.134. The number of aliphatic imine (C=N–C) groups is 1. The third-order valence-corrected chi connectivity index (χ3v) is 5.67. The van der Waals surface area contributed by atoms with E-state index in [1.54, 1.807) is 19.0 Å². The van der Waals surface area contributed by atoms with E-state index in [2.05, 4.69) is 15.6 Å². The zero-order valence-corrected chi connectivity index (χ0v) is 15.1. The topological polar surface area (TPSA) is 66.0 Å². The van der Waals surface area contributed by atoms with Crippen LogP contribution in [0.1, 0.15) is 57.8 Å². The molecule has 1 saturated heterocycles. The summed E-state index contributed by atoms with van der Waals surface area (Å²) in [6.45, 7) is 1.02. The Labute approximate surface area is 145 Å². The molecule has 6 heteroatoms. The molecule has 3 fully saturated rings. The lowest BCUT2D eigenvalue weighted by Crippen LogP contribution is -2.55. The molecule has 1 heterocycles. The Kier molecular flexibility index (Phi) is 5.64. The zero-order chi connectivity index (χ0) is 17.0. The molecule has 0 bridgehead atoms. The van der Waals surface area contributed by atoms with Gasteiger partial charge >= 0.3 is 0 Å². The second-order valence-corrected chi connectivity index (χ2v) is 7.80. The van der Waals surface area contributed by atoms with Gasteiger partial charge in [-0.1, -0.05) is 12.8 Å². The molecule has 1 atom stereocenters. The number of amides is 1. The van der Waals surface area contributed by atoms with Crippen LogP contribution in [0.3, 0.4) is 0 Å². The van der Waals surface area contributed by atoms with Crippen LogP contribution in [0, 0.1) is 0 Å². The summed E-state index contributed by atoms with van der Waals surface area (Å²) in [6, 6.07) is 0.879. The normalized spacial score (nSPS) is 26.9. The molecule has 0 aromatic heterocycles. The molecule has 0 radical (unpaired) electrons. The highest BCUT2D eigenvalue weighted by Crippen LogP contribution is 2.42. The minimum Gasteiger partial charge on any atom is -0.375 e. The number of carbonyl (C=O) groups is 1. The summed E-state index contributed by atoms with van der Waals surface area (Å²) >= 11 is 0. The van der Waals surface area contributed by atoms with Crippen molar-refractivity contribution in [1.82, 2.24) is 15.5 Å². The number of hydrogen-bond donors (Lipinski definition) is 2. The second-order valence-electron chi connectivity index (χ2n) is 7.80. The SMILES string of the molecule is CN(C)C(=O)CN=C(NC1CCCC1)NC1CCOC2(CCC2)C1. The molecule has 1 unspecified atom stereocenters. The fraction of sp³-hybridized carbons (Fsp3) is 0.889. The Balaban J connectivity index is 1.59. The lowest BCUT2D eigenvalue weighted by atomic mass is 9.74. The predicted octanol–water partition coefficient (Wildman–Crippen LogP) is 1.65. The van der Waals surface area contributed by atoms with Gasteiger partial charge in [0, 0.05) is 32.8 Å². The summed E-state index contributed by atoms with van der Waals surface area (Å²) in [5.41, 5.74) is 0.119. The van der Waals surface area contributed by atoms with Crippen molar-refractivity contribution in [2.75, 3.05) is 27.2 Å². The van der Waals surface area contributed by atoms with Crippen molar-refractivity contribution >= 4 is 11.9 Å². The minimum absolute atomic E-state index is 0.0324. The molecular formula is C18H32N4O2. The van der Waals surface area contributed by atoms with Crippen LogP contribution in [0.5, 0.6) is 0 Å². The van der Waals surface area contributed by atoms with E-state index >= 15 is 0 Å². The molecule has 2 aliphatic carbocycles. The van der Waals surface area contributed by atoms with E-state index in [0.29, 0.717) is 12.1 Å². The van der Waals surface area contributed by atoms with E-state index in [1.807, 2.05) is 0 Å². The Bertz CT molecular complexity index is 468. The molecule has 24 heavy (non-hydrogen) atoms. The van der Waals surface area contributed by atoms with Crippen LogP contribution >= 0.6 is 0 Å². The zero-order valence-electron chi connectivity index (χ0n) is 15.1. The van der Waals surface area contributed by atoms with E-state index in [9.17, 15) is 4.79 Å². The number of carbonyl (C=O) groups excluding carboxylic acids is 1. The summed E-state index contributed by atoms with van der Waals surface area (Å²) in [6.07, 6.45) is 10.7. The lowest BCUT2D eigenvalue weighted by Gasteiger charge is -2.47. The van der Waals surface area contributed by atoms with Crippen molar-refractivity contribution in [1.29, 1.82) is 0 Å². The first kappa shape index (κ1) is 17.5. The Morgan fingerprint density at radius 1 is 1.12 bits per heavy atom. The van der Waals surface area contributed by atoms with Crippen LogP contribution in [0.4, 0.5) is 0 Å². The smallest absolute Gasteiger partial charge is 0.243 e. The molecular weight excluding hydrogens is 304 g/mol. The molecule has 3 rings (SSSR count). The number of hydrogen-bond acceptors (Lipinski definition) is 3. The van der Waals surface area contributed by atoms with Gasteiger partial charge in [-0.25, -0.2) is 4.99 Å². The number of nitrogens with one attached hydrogen (secondary N) is 2. The van der Waals surface area contributed by atoms with Crippen molar-refractivity contribution in [3.8, 4) is 0 Å². The van der Waals surface area contributed by atoms with Gasteiger partial charge in [0.15, 0.2) is 5.96 Å². The Hall–Kier alpha value is -1.30. The summed E-state index contributed by atoms with van der Waals surface area (Å²) in [7, 11) is 3.54. The van der Waals surface area contributed by atoms with Gasteiger partial charge in [-0.2, -0.15) is 0 Å². The molecule has 3 aliphatic rings. The number of nitrogens with zero attached hydrogens (tertiary/aromatic N) is 2. The van der Waals surface area contributed by atoms with Gasteiger partial charge in [0.2, 0.25) is 5.91 Å². The molecule has 1 spiro atoms. The Morgan fingerprint density at radius 2 is 1.83 bits per heavy atom. The van der Waals surface area contributed by atoms with Crippen LogP contribution in [-0.2, 0) is 9.53 Å². The van der Waals surface area contributed by atoms with Gasteiger partial charge in [-0.3, -0.25) is 4.79 Å². The average Bonchev–Trinajstić information content (AvgIpc) is 3.04. The average molecular weight is 336 g/mol. The molecule has 1 amide bonds. The molecule has 1 aliphatic heterocycles. The third-order valence-electron chi connectivity index (χ3n) is 5.67. The summed E-state index contributed by atoms with van der Waals surface area (Å²) < 4.78 is 6.02. The molecule has 2 N–H and O–H groups in total. The second kappa shape index (κ2) is 7.72. The predicted molar refractivity (Wildman–Crippen MR) is 95.1 cm³/mol. The van der Waals surface area contributed by atoms with Crippen LogP contribution < -0.4 is 10.6 Å². The van der Waals surface area contributed by atoms with Crippen LogP contribution in [0.25, 0.3) is 0 Å². The first-order valence-corrected chi connectivity index (χ1v) is 9.48. The molecule has 0 aromatic rings. The summed E-state index contributed by atoms with van der Waals surface area (Å²) in [4.78, 5) is 18.0. The maximum atomic E-state index is 11.9. The first-order valence-electron chi connectivity index (χ1n) is 9.48. The van der Waals surface area contributed by atoms with Gasteiger partial charge in [0.25, 0.3) is 0 Å². The monoisotopic (exact) mass is 336 g/mol. The van der Waals surface area contributed by atoms with E-state index in [1.165, 1.54) is 44.9 Å². The highest BCUT2D eigenvalue weighted by molar-refractivity contribution is 5.85. The van der Waals surface area contributed by atoms with Crippen molar-refractivity contribution < 1.29 is 9.53 Å². The molecule has 136 valence electrons. The summed E-state index contributed by atoms with van der Waals surface area (Å²) in [5.74, 6) is 0.837. The molecule has 0 aromatic carbocycles. The number of ether oxygens (including phenoxy) is 1. The van der Waals surface area contributed by atoms with E-state index < -0.39 is 0 Å². The molecule has 2 saturated carbocycles. The largest absolute Gasteiger partial charge is 0.375 e. The maximum Gasteiger partial charge on any atom is 0.243 e. The Morgan fingerprint density at radius 3 is 2.46 bits per heavy atom. The molecule has 6 nitrogen and oxygen atoms in total. The van der Waals surface area contributed by atoms with E-state index in [0.717, 1.165) is 25.4 Å². The van der Waals surface area contributed by atoms with Gasteiger partial charge in [0.05, 0.1) is 5.60 Å². The van der Waals surface area contributed by atoms with E-state index in [-0.39, 0.29) is 18.1 Å². The standard InChI is InChI=1S/C18H32N4O2/c1-22(2)16(23)13-19-17(20-14-6-3-4-7-14)21-15-8-11-24-18(12-15)9-5-10-18/h14-15H,3-13H2,1-2H3,(H2,19,20,21). The fourth-order valence-electron chi connectivity index (χ4n) is 3.95. The van der Waals surface area contributed by atoms with Crippen molar-refractivity contribution in [3.05, 3.63) is 0 Å². The van der Waals surface area contributed by atoms with Crippen LogP contribution in [0.2, 0.25) is 0 Å². The van der Waals surface area contributed by atoms with Gasteiger partial charge < -0.3 is 20.3 Å².